The van der Waals surface area contributed by atoms with Gasteiger partial charge in [-0.05, 0) is 114 Å². The summed E-state index contributed by atoms with van der Waals surface area (Å²) >= 11 is 0. The average molecular weight is 461 g/mol. The van der Waals surface area contributed by atoms with Crippen molar-refractivity contribution in [2.45, 2.75) is 126 Å². The monoisotopic (exact) mass is 460 g/mol. The number of aliphatic hydroxyl groups excluding tert-OH is 1. The summed E-state index contributed by atoms with van der Waals surface area (Å²) in [6, 6.07) is 0. The largest absolute Gasteiger partial charge is 0.481 e. The van der Waals surface area contributed by atoms with Gasteiger partial charge in [0.2, 0.25) is 0 Å². The first-order valence-electron chi connectivity index (χ1n) is 14.0. The third-order valence-corrected chi connectivity index (χ3v) is 13.0. The minimum Gasteiger partial charge on any atom is -0.481 e. The Morgan fingerprint density at radius 3 is 2.03 bits per heavy atom. The third-order valence-electron chi connectivity index (χ3n) is 13.0. The van der Waals surface area contributed by atoms with Crippen molar-refractivity contribution in [3.05, 3.63) is 0 Å². The topological polar surface area (TPSA) is 57.5 Å². The van der Waals surface area contributed by atoms with E-state index in [2.05, 4.69) is 55.4 Å². The van der Waals surface area contributed by atoms with Crippen molar-refractivity contribution in [2.24, 2.45) is 56.7 Å². The van der Waals surface area contributed by atoms with Gasteiger partial charge in [-0.3, -0.25) is 4.79 Å². The van der Waals surface area contributed by atoms with Crippen LogP contribution in [0.1, 0.15) is 120 Å². The molecule has 0 aromatic carbocycles. The molecule has 0 saturated heterocycles. The Bertz CT molecular complexity index is 773. The molecule has 0 spiro atoms. The summed E-state index contributed by atoms with van der Waals surface area (Å²) in [6.45, 7) is 19.5. The minimum absolute atomic E-state index is 0.0315. The van der Waals surface area contributed by atoms with Gasteiger partial charge in [0.1, 0.15) is 0 Å². The Kier molecular flexibility index (Phi) is 6.16. The van der Waals surface area contributed by atoms with Gasteiger partial charge < -0.3 is 10.2 Å². The van der Waals surface area contributed by atoms with E-state index in [0.717, 1.165) is 19.3 Å². The summed E-state index contributed by atoms with van der Waals surface area (Å²) in [6.07, 6.45) is 10.7. The molecule has 0 radical (unpaired) electrons. The average Bonchev–Trinajstić information content (AvgIpc) is 2.71. The Labute approximate surface area is 203 Å². The Morgan fingerprint density at radius 1 is 0.848 bits per heavy atom. The summed E-state index contributed by atoms with van der Waals surface area (Å²) in [5.74, 6) is 2.25. The molecule has 3 heteroatoms. The van der Waals surface area contributed by atoms with Gasteiger partial charge in [-0.15, -0.1) is 0 Å². The van der Waals surface area contributed by atoms with Crippen LogP contribution in [0.25, 0.3) is 0 Å². The van der Waals surface area contributed by atoms with E-state index < -0.39 is 5.97 Å². The first-order valence-corrected chi connectivity index (χ1v) is 14.0. The van der Waals surface area contributed by atoms with Crippen molar-refractivity contribution in [1.29, 1.82) is 0 Å². The fraction of sp³-hybridized carbons (Fsp3) is 0.967. The van der Waals surface area contributed by atoms with Crippen molar-refractivity contribution in [3.63, 3.8) is 0 Å². The molecule has 4 fully saturated rings. The van der Waals surface area contributed by atoms with Crippen molar-refractivity contribution in [3.8, 4) is 0 Å². The lowest BCUT2D eigenvalue weighted by atomic mass is 9.32. The number of aliphatic carboxylic acids is 1. The quantitative estimate of drug-likeness (QED) is 0.455. The lowest BCUT2D eigenvalue weighted by Crippen LogP contribution is -2.67. The predicted octanol–water partition coefficient (Wildman–Crippen LogP) is 7.56. The number of hydrogen-bond donors (Lipinski definition) is 2. The molecule has 0 bridgehead atoms. The molecule has 4 rings (SSSR count). The zero-order chi connectivity index (χ0) is 24.6. The molecule has 0 aromatic heterocycles. The number of aliphatic hydroxyl groups is 1. The van der Waals surface area contributed by atoms with Crippen LogP contribution in [0.15, 0.2) is 0 Å². The van der Waals surface area contributed by atoms with Crippen molar-refractivity contribution >= 4 is 5.97 Å². The summed E-state index contributed by atoms with van der Waals surface area (Å²) in [5.41, 5.74) is 0.876. The molecule has 0 aliphatic heterocycles. The normalized spacial score (nSPS) is 51.4. The van der Waals surface area contributed by atoms with Crippen LogP contribution in [0, 0.1) is 56.7 Å². The number of carbonyl (C=O) groups is 1. The Balaban J connectivity index is 1.72. The van der Waals surface area contributed by atoms with E-state index in [1.807, 2.05) is 0 Å². The molecule has 4 saturated carbocycles. The highest BCUT2D eigenvalue weighted by Gasteiger charge is 2.69. The van der Waals surface area contributed by atoms with E-state index in [0.29, 0.717) is 36.0 Å². The Hall–Kier alpha value is -0.570. The molecule has 9 atom stereocenters. The Morgan fingerprint density at radius 2 is 1.42 bits per heavy atom. The van der Waals surface area contributed by atoms with Crippen LogP contribution < -0.4 is 0 Å². The second kappa shape index (κ2) is 7.97. The number of rotatable bonds is 4. The van der Waals surface area contributed by atoms with Crippen molar-refractivity contribution in [2.75, 3.05) is 0 Å². The second-order valence-electron chi connectivity index (χ2n) is 14.9. The molecule has 33 heavy (non-hydrogen) atoms. The fourth-order valence-corrected chi connectivity index (χ4v) is 10.9. The standard InChI is InChI=1S/C30H52O3/c1-19(2)20-11-15-29(7)22(27(20,5)14-13-24(31)32)9-10-23-28(6)18-17-26(3,4)25(33)21(28)12-16-30(23,29)8/h19-23,25,33H,9-18H2,1-8H3,(H,31,32). The number of hydrogen-bond acceptors (Lipinski definition) is 2. The highest BCUT2D eigenvalue weighted by molar-refractivity contribution is 5.66. The number of carboxylic acids is 1. The molecule has 4 aliphatic carbocycles. The van der Waals surface area contributed by atoms with Gasteiger partial charge >= 0.3 is 5.97 Å². The van der Waals surface area contributed by atoms with Gasteiger partial charge in [0, 0.05) is 6.42 Å². The van der Waals surface area contributed by atoms with E-state index in [4.69, 9.17) is 0 Å². The second-order valence-corrected chi connectivity index (χ2v) is 14.9. The summed E-state index contributed by atoms with van der Waals surface area (Å²) in [4.78, 5) is 11.7. The van der Waals surface area contributed by atoms with E-state index >= 15 is 0 Å². The molecular weight excluding hydrogens is 408 g/mol. The molecule has 190 valence electrons. The van der Waals surface area contributed by atoms with E-state index in [9.17, 15) is 15.0 Å². The molecule has 0 amide bonds. The van der Waals surface area contributed by atoms with Crippen LogP contribution in [-0.4, -0.2) is 22.3 Å². The summed E-state index contributed by atoms with van der Waals surface area (Å²) in [7, 11) is 0. The maximum Gasteiger partial charge on any atom is 0.303 e. The minimum atomic E-state index is -0.641. The summed E-state index contributed by atoms with van der Waals surface area (Å²) < 4.78 is 0. The SMILES string of the molecule is CC(C)C1CCC2(C)C(CCC3C4(C)CCC(C)(C)C(O)C4CCC32C)C1(C)CCC(=O)O. The zero-order valence-corrected chi connectivity index (χ0v) is 22.8. The molecule has 0 heterocycles. The fourth-order valence-electron chi connectivity index (χ4n) is 10.9. The van der Waals surface area contributed by atoms with Gasteiger partial charge in [0.05, 0.1) is 6.10 Å². The number of carboxylic acid groups (broad SMARTS) is 1. The predicted molar refractivity (Wildman–Crippen MR) is 135 cm³/mol. The highest BCUT2D eigenvalue weighted by atomic mass is 16.4. The third kappa shape index (κ3) is 3.48. The first-order chi connectivity index (χ1) is 15.1. The van der Waals surface area contributed by atoms with Gasteiger partial charge in [0.15, 0.2) is 0 Å². The molecule has 3 nitrogen and oxygen atoms in total. The van der Waals surface area contributed by atoms with Gasteiger partial charge in [-0.2, -0.15) is 0 Å². The lowest BCUT2D eigenvalue weighted by Gasteiger charge is -2.73. The zero-order valence-electron chi connectivity index (χ0n) is 22.8. The maximum absolute atomic E-state index is 11.7. The molecular formula is C30H52O3. The molecule has 4 aliphatic rings. The van der Waals surface area contributed by atoms with Crippen molar-refractivity contribution < 1.29 is 15.0 Å². The summed E-state index contributed by atoms with van der Waals surface area (Å²) in [5, 5.41) is 21.0. The molecule has 2 N–H and O–H groups in total. The van der Waals surface area contributed by atoms with Gasteiger partial charge in [0.25, 0.3) is 0 Å². The van der Waals surface area contributed by atoms with Crippen LogP contribution in [-0.2, 0) is 4.79 Å². The lowest BCUT2D eigenvalue weighted by molar-refractivity contribution is -0.254. The van der Waals surface area contributed by atoms with Gasteiger partial charge in [-0.1, -0.05) is 55.4 Å². The smallest absolute Gasteiger partial charge is 0.303 e. The molecule has 0 aromatic rings. The van der Waals surface area contributed by atoms with Crippen LogP contribution in [0.3, 0.4) is 0 Å². The van der Waals surface area contributed by atoms with Crippen LogP contribution >= 0.6 is 0 Å². The van der Waals surface area contributed by atoms with E-state index in [-0.39, 0.29) is 33.2 Å². The number of fused-ring (bicyclic) bond motifs is 5. The van der Waals surface area contributed by atoms with E-state index in [1.54, 1.807) is 0 Å². The van der Waals surface area contributed by atoms with Crippen LogP contribution in [0.2, 0.25) is 0 Å². The van der Waals surface area contributed by atoms with Crippen molar-refractivity contribution in [1.82, 2.24) is 0 Å². The van der Waals surface area contributed by atoms with Crippen LogP contribution in [0.4, 0.5) is 0 Å². The molecule has 9 unspecified atom stereocenters. The maximum atomic E-state index is 11.7. The van der Waals surface area contributed by atoms with E-state index in [1.165, 1.54) is 38.5 Å². The van der Waals surface area contributed by atoms with Gasteiger partial charge in [-0.25, -0.2) is 0 Å². The van der Waals surface area contributed by atoms with Crippen LogP contribution in [0.5, 0.6) is 0 Å². The highest BCUT2D eigenvalue weighted by Crippen LogP contribution is 2.76. The first kappa shape index (κ1) is 25.5.